The molecule has 10 N–H and O–H groups in total. The van der Waals surface area contributed by atoms with Crippen molar-refractivity contribution in [3.8, 4) is 0 Å². The van der Waals surface area contributed by atoms with Crippen LogP contribution in [0.1, 0.15) is 173 Å². The monoisotopic (exact) mass is 1060 g/mol. The maximum atomic E-state index is 13.5. The van der Waals surface area contributed by atoms with Gasteiger partial charge in [0.1, 0.15) is 0 Å². The van der Waals surface area contributed by atoms with E-state index in [1.807, 2.05) is 20.8 Å². The molecule has 10 rings (SSSR count). The van der Waals surface area contributed by atoms with Gasteiger partial charge in [0.05, 0.1) is 43.9 Å². The maximum absolute atomic E-state index is 13.5. The fourth-order valence-corrected chi connectivity index (χ4v) is 17.9. The summed E-state index contributed by atoms with van der Waals surface area (Å²) in [5.74, 6) is -0.914. The van der Waals surface area contributed by atoms with Crippen molar-refractivity contribution in [2.75, 3.05) is 26.4 Å². The molecule has 0 saturated heterocycles. The van der Waals surface area contributed by atoms with E-state index < -0.39 is 28.9 Å². The molecule has 13 heteroatoms. The molecule has 0 bridgehead atoms. The van der Waals surface area contributed by atoms with Gasteiger partial charge in [-0.15, -0.1) is 0 Å². The highest BCUT2D eigenvalue weighted by atomic mass is 16.4. The maximum Gasteiger partial charge on any atom is 0.309 e. The molecule has 0 heterocycles. The lowest BCUT2D eigenvalue weighted by Crippen LogP contribution is -2.63. The molecule has 0 unspecified atom stereocenters. The Kier molecular flexibility index (Phi) is 15.0. The normalized spacial score (nSPS) is 41.7. The zero-order valence-electron chi connectivity index (χ0n) is 48.3. The highest BCUT2D eigenvalue weighted by molar-refractivity contribution is 6.07. The first kappa shape index (κ1) is 58.7. The fourth-order valence-electron chi connectivity index (χ4n) is 17.9. The van der Waals surface area contributed by atoms with Gasteiger partial charge in [0.15, 0.2) is 11.5 Å². The van der Waals surface area contributed by atoms with Crippen LogP contribution in [0.15, 0.2) is 92.6 Å². The number of nitrogens with one attached hydrogen (secondary N) is 1. The third kappa shape index (κ3) is 8.71. The molecule has 6 fully saturated rings. The number of hydrogen-bond acceptors (Lipinski definition) is 11. The number of carbonyl (C=O) groups excluding carboxylic acids is 3. The van der Waals surface area contributed by atoms with Gasteiger partial charge in [0, 0.05) is 27.4 Å². The summed E-state index contributed by atoms with van der Waals surface area (Å²) in [4.78, 5) is 51.0. The first-order chi connectivity index (χ1) is 35.7. The lowest BCUT2D eigenvalue weighted by molar-refractivity contribution is -0.178. The van der Waals surface area contributed by atoms with Crippen LogP contribution in [-0.4, -0.2) is 97.7 Å². The number of hydrogen-bond donors (Lipinski definition) is 9. The highest BCUT2D eigenvalue weighted by Gasteiger charge is 2.69. The topological polar surface area (TPSA) is 248 Å². The van der Waals surface area contributed by atoms with Gasteiger partial charge in [-0.2, -0.15) is 0 Å². The van der Waals surface area contributed by atoms with Crippen LogP contribution in [0.5, 0.6) is 0 Å². The number of aliphatic hydroxyl groups is 6. The van der Waals surface area contributed by atoms with Crippen molar-refractivity contribution in [1.82, 2.24) is 5.32 Å². The molecule has 0 aromatic carbocycles. The molecule has 6 saturated carbocycles. The summed E-state index contributed by atoms with van der Waals surface area (Å²) < 4.78 is 0. The number of fused-ring (bicyclic) bond motifs is 14. The molecule has 77 heavy (non-hydrogen) atoms. The third-order valence-electron chi connectivity index (χ3n) is 24.1. The number of carboxylic acid groups (broad SMARTS) is 1. The Bertz CT molecular complexity index is 2770. The van der Waals surface area contributed by atoms with E-state index in [4.69, 9.17) is 15.9 Å². The van der Waals surface area contributed by atoms with Gasteiger partial charge < -0.3 is 46.8 Å². The standard InChI is InChI=1S/C32H45NO5.C29H38O4.C3H9NO2/c1-19-21-7-8-24-30(4,22(21)15-23(36)26(19)37)12-14-32(6)25-16-29(3,27(38)33-20(17-34)18-35)10-9-28(25,2)11-13-31(24,32)5;1-17-18-7-8-21-27(4,19(18)15-20(30)23(17)31)12-14-29(6)22-16-26(3,24(32)33)10-9-25(22,2)11-13-28(21,29)5;4-3(1-5)2-6/h7-8,15,20,25,34-35,37H,9-14,16-18H2,1-6H3,(H,33,38);7-8,15,22,31H,9-14,16H2,1-6H3,(H,32,33);3,5-6H,1-2,4H2/t25-,28-,29-,30+,31-,32+;22-,25-,26-,27+,28-,29+;/m11./s1. The van der Waals surface area contributed by atoms with Gasteiger partial charge in [-0.1, -0.05) is 97.8 Å². The van der Waals surface area contributed by atoms with Crippen molar-refractivity contribution >= 4 is 23.4 Å². The zero-order chi connectivity index (χ0) is 57.1. The van der Waals surface area contributed by atoms with Crippen LogP contribution in [0.4, 0.5) is 0 Å². The van der Waals surface area contributed by atoms with E-state index in [1.54, 1.807) is 12.2 Å². The molecular formula is C64H92N2O11. The number of carbonyl (C=O) groups is 4. The van der Waals surface area contributed by atoms with Gasteiger partial charge in [-0.25, -0.2) is 0 Å². The third-order valence-corrected chi connectivity index (χ3v) is 24.1. The Labute approximate surface area is 457 Å². The number of nitrogens with two attached hydrogens (primary N) is 1. The van der Waals surface area contributed by atoms with Gasteiger partial charge in [-0.3, -0.25) is 19.2 Å². The van der Waals surface area contributed by atoms with Crippen LogP contribution in [-0.2, 0) is 19.2 Å². The first-order valence-electron chi connectivity index (χ1n) is 28.7. The van der Waals surface area contributed by atoms with Crippen molar-refractivity contribution < 1.29 is 54.9 Å². The molecule has 13 nitrogen and oxygen atoms in total. The second-order valence-electron chi connectivity index (χ2n) is 28.2. The second kappa shape index (κ2) is 19.7. The number of aliphatic carboxylic acids is 1. The van der Waals surface area contributed by atoms with Crippen LogP contribution in [0.2, 0.25) is 0 Å². The lowest BCUT2D eigenvalue weighted by atomic mass is 9.34. The zero-order valence-corrected chi connectivity index (χ0v) is 48.3. The average Bonchev–Trinajstić information content (AvgIpc) is 3.59. The molecule has 0 radical (unpaired) electrons. The molecule has 0 aromatic rings. The number of ketones is 2. The average molecular weight is 1070 g/mol. The lowest BCUT2D eigenvalue weighted by Gasteiger charge is -2.70. The van der Waals surface area contributed by atoms with E-state index in [1.165, 1.54) is 11.1 Å². The SMILES string of the molecule is CC1=C(O)C(=O)C=C2C1=CC=C1[C@@]2(C)CC[C@@]2(C)[C@@H]3C[C@](C)(C(=O)NC(CO)CO)CC[C@]3(C)CC[C@]12C.CC1=C(O)C(=O)C=C2C1=CC=C1[C@@]2(C)CC[C@@]2(C)[C@@H]3C[C@](C)(C(=O)O)CC[C@]3(C)CC[C@]12C.NC(CO)CO. The van der Waals surface area contributed by atoms with E-state index in [0.29, 0.717) is 23.0 Å². The van der Waals surface area contributed by atoms with Crippen molar-refractivity contribution in [3.63, 3.8) is 0 Å². The molecule has 12 atom stereocenters. The molecular weight excluding hydrogens is 973 g/mol. The number of amides is 1. The molecule has 0 spiro atoms. The number of aliphatic hydroxyl groups excluding tert-OH is 6. The van der Waals surface area contributed by atoms with Gasteiger partial charge in [-0.05, 0) is 189 Å². The van der Waals surface area contributed by atoms with Crippen LogP contribution in [0.25, 0.3) is 0 Å². The van der Waals surface area contributed by atoms with E-state index >= 15 is 0 Å². The summed E-state index contributed by atoms with van der Waals surface area (Å²) in [6.45, 7) is 25.9. The number of allylic oxidation sites excluding steroid dienone is 14. The van der Waals surface area contributed by atoms with Crippen LogP contribution >= 0.6 is 0 Å². The van der Waals surface area contributed by atoms with Gasteiger partial charge >= 0.3 is 5.97 Å². The summed E-state index contributed by atoms with van der Waals surface area (Å²) in [5, 5.41) is 68.8. The Morgan fingerprint density at radius 2 is 0.935 bits per heavy atom. The molecule has 424 valence electrons. The largest absolute Gasteiger partial charge is 0.504 e. The van der Waals surface area contributed by atoms with Crippen LogP contribution in [0.3, 0.4) is 0 Å². The molecule has 1 amide bonds. The van der Waals surface area contributed by atoms with Crippen LogP contribution < -0.4 is 11.1 Å². The highest BCUT2D eigenvalue weighted by Crippen LogP contribution is 2.77. The molecule has 10 aliphatic carbocycles. The molecule has 0 aromatic heterocycles. The Hall–Kier alpha value is -4.40. The minimum Gasteiger partial charge on any atom is -0.504 e. The van der Waals surface area contributed by atoms with Crippen molar-refractivity contribution in [1.29, 1.82) is 0 Å². The Balaban J connectivity index is 0.000000186. The van der Waals surface area contributed by atoms with Crippen molar-refractivity contribution in [2.45, 2.75) is 185 Å². The summed E-state index contributed by atoms with van der Waals surface area (Å²) in [7, 11) is 0. The summed E-state index contributed by atoms with van der Waals surface area (Å²) in [6, 6.07) is -1.09. The minimum atomic E-state index is -0.655. The van der Waals surface area contributed by atoms with Crippen LogP contribution in [0, 0.1) is 66.0 Å². The predicted molar refractivity (Wildman–Crippen MR) is 298 cm³/mol. The molecule has 0 aliphatic heterocycles. The first-order valence-corrected chi connectivity index (χ1v) is 28.7. The number of carboxylic acids is 1. The predicted octanol–water partition coefficient (Wildman–Crippen LogP) is 10.1. The molecule has 10 aliphatic rings. The smallest absolute Gasteiger partial charge is 0.309 e. The van der Waals surface area contributed by atoms with Crippen molar-refractivity contribution in [3.05, 3.63) is 92.6 Å². The van der Waals surface area contributed by atoms with Crippen molar-refractivity contribution in [2.24, 2.45) is 71.7 Å². The van der Waals surface area contributed by atoms with Gasteiger partial charge in [0.25, 0.3) is 0 Å². The fraction of sp³-hybridized carbons (Fsp3) is 0.688. The van der Waals surface area contributed by atoms with E-state index in [-0.39, 0.29) is 98.7 Å². The van der Waals surface area contributed by atoms with E-state index in [2.05, 4.69) is 91.9 Å². The second-order valence-corrected chi connectivity index (χ2v) is 28.2. The minimum absolute atomic E-state index is 0.0000746. The van der Waals surface area contributed by atoms with E-state index in [0.717, 1.165) is 112 Å². The van der Waals surface area contributed by atoms with Gasteiger partial charge in [0.2, 0.25) is 17.5 Å². The summed E-state index contributed by atoms with van der Waals surface area (Å²) in [5.41, 5.74) is 11.6. The summed E-state index contributed by atoms with van der Waals surface area (Å²) in [6.07, 6.45) is 25.4. The Morgan fingerprint density at radius 3 is 1.30 bits per heavy atom. The van der Waals surface area contributed by atoms with E-state index in [9.17, 15) is 44.7 Å². The Morgan fingerprint density at radius 1 is 0.558 bits per heavy atom. The quantitative estimate of drug-likeness (QED) is 0.116. The summed E-state index contributed by atoms with van der Waals surface area (Å²) >= 11 is 0. The number of rotatable bonds is 7.